The third kappa shape index (κ3) is 2.58. The molecule has 0 atom stereocenters. The van der Waals surface area contributed by atoms with E-state index in [1.165, 1.54) is 10.4 Å². The Bertz CT molecular complexity index is 587. The standard InChI is InChI=1S/C12H17FN2O3S/c1-12(2)8-18-6-5-15(12)19(16,17)11-7-9(14)3-4-10(11)13/h3-4,7H,5-6,8,14H2,1-2H3. The van der Waals surface area contributed by atoms with E-state index in [0.717, 1.165) is 12.1 Å². The number of sulfonamides is 1. The number of halogens is 1. The number of benzene rings is 1. The van der Waals surface area contributed by atoms with Crippen molar-refractivity contribution in [3.63, 3.8) is 0 Å². The van der Waals surface area contributed by atoms with E-state index in [9.17, 15) is 12.8 Å². The van der Waals surface area contributed by atoms with Gasteiger partial charge in [-0.05, 0) is 32.0 Å². The summed E-state index contributed by atoms with van der Waals surface area (Å²) < 4.78 is 45.4. The molecule has 0 unspecified atom stereocenters. The quantitative estimate of drug-likeness (QED) is 0.830. The molecule has 0 saturated carbocycles. The Morgan fingerprint density at radius 1 is 1.42 bits per heavy atom. The first-order chi connectivity index (χ1) is 8.75. The lowest BCUT2D eigenvalue weighted by Gasteiger charge is -2.40. The molecule has 1 aliphatic heterocycles. The maximum atomic E-state index is 13.8. The summed E-state index contributed by atoms with van der Waals surface area (Å²) in [4.78, 5) is -0.387. The third-order valence-electron chi connectivity index (χ3n) is 3.09. The van der Waals surface area contributed by atoms with Crippen molar-refractivity contribution >= 4 is 15.7 Å². The maximum Gasteiger partial charge on any atom is 0.246 e. The molecule has 0 spiro atoms. The van der Waals surface area contributed by atoms with Gasteiger partial charge in [-0.3, -0.25) is 0 Å². The minimum atomic E-state index is -3.92. The van der Waals surface area contributed by atoms with Crippen LogP contribution in [0.2, 0.25) is 0 Å². The minimum absolute atomic E-state index is 0.198. The van der Waals surface area contributed by atoms with Gasteiger partial charge in [-0.15, -0.1) is 0 Å². The summed E-state index contributed by atoms with van der Waals surface area (Å²) in [7, 11) is -3.92. The van der Waals surface area contributed by atoms with Crippen molar-refractivity contribution in [2.45, 2.75) is 24.3 Å². The van der Waals surface area contributed by atoms with E-state index in [4.69, 9.17) is 10.5 Å². The molecular formula is C12H17FN2O3S. The third-order valence-corrected chi connectivity index (χ3v) is 5.22. The van der Waals surface area contributed by atoms with E-state index in [1.54, 1.807) is 13.8 Å². The van der Waals surface area contributed by atoms with Crippen molar-refractivity contribution in [2.75, 3.05) is 25.5 Å². The van der Waals surface area contributed by atoms with E-state index in [0.29, 0.717) is 6.61 Å². The van der Waals surface area contributed by atoms with Gasteiger partial charge in [0.05, 0.1) is 18.8 Å². The Hall–Kier alpha value is -1.18. The fraction of sp³-hybridized carbons (Fsp3) is 0.500. The molecule has 0 aromatic heterocycles. The average Bonchev–Trinajstić information content (AvgIpc) is 2.31. The lowest BCUT2D eigenvalue weighted by molar-refractivity contribution is -0.00779. The highest BCUT2D eigenvalue weighted by Gasteiger charge is 2.40. The normalized spacial score (nSPS) is 20.4. The lowest BCUT2D eigenvalue weighted by Crippen LogP contribution is -2.55. The summed E-state index contributed by atoms with van der Waals surface area (Å²) in [5.41, 5.74) is 5.05. The molecule has 1 saturated heterocycles. The highest BCUT2D eigenvalue weighted by molar-refractivity contribution is 7.89. The van der Waals surface area contributed by atoms with Gasteiger partial charge in [0.1, 0.15) is 10.7 Å². The zero-order chi connectivity index (χ0) is 14.3. The van der Waals surface area contributed by atoms with E-state index in [-0.39, 0.29) is 23.7 Å². The van der Waals surface area contributed by atoms with Crippen molar-refractivity contribution in [1.82, 2.24) is 4.31 Å². The molecule has 2 N–H and O–H groups in total. The van der Waals surface area contributed by atoms with Gasteiger partial charge in [0, 0.05) is 12.2 Å². The minimum Gasteiger partial charge on any atom is -0.399 e. The molecule has 1 fully saturated rings. The highest BCUT2D eigenvalue weighted by Crippen LogP contribution is 2.29. The molecule has 19 heavy (non-hydrogen) atoms. The van der Waals surface area contributed by atoms with Crippen molar-refractivity contribution in [2.24, 2.45) is 0 Å². The van der Waals surface area contributed by atoms with Crippen LogP contribution in [-0.4, -0.2) is 38.0 Å². The Kier molecular flexibility index (Phi) is 3.55. The van der Waals surface area contributed by atoms with Gasteiger partial charge in [-0.1, -0.05) is 0 Å². The lowest BCUT2D eigenvalue weighted by atomic mass is 10.1. The topological polar surface area (TPSA) is 72.6 Å². The second-order valence-electron chi connectivity index (χ2n) is 5.13. The van der Waals surface area contributed by atoms with E-state index < -0.39 is 21.4 Å². The van der Waals surface area contributed by atoms with Crippen molar-refractivity contribution < 1.29 is 17.5 Å². The molecule has 1 aliphatic rings. The fourth-order valence-corrected chi connectivity index (χ4v) is 3.98. The average molecular weight is 288 g/mol. The van der Waals surface area contributed by atoms with Crippen LogP contribution in [0.5, 0.6) is 0 Å². The van der Waals surface area contributed by atoms with Gasteiger partial charge in [-0.25, -0.2) is 12.8 Å². The maximum absolute atomic E-state index is 13.8. The van der Waals surface area contributed by atoms with Crippen LogP contribution in [0.4, 0.5) is 10.1 Å². The van der Waals surface area contributed by atoms with Crippen LogP contribution in [0.1, 0.15) is 13.8 Å². The Labute approximate surface area is 112 Å². The number of anilines is 1. The number of rotatable bonds is 2. The summed E-state index contributed by atoms with van der Waals surface area (Å²) >= 11 is 0. The summed E-state index contributed by atoms with van der Waals surface area (Å²) in [5, 5.41) is 0. The molecule has 1 heterocycles. The SMILES string of the molecule is CC1(C)COCCN1S(=O)(=O)c1cc(N)ccc1F. The molecule has 0 radical (unpaired) electrons. The molecule has 1 aromatic carbocycles. The van der Waals surface area contributed by atoms with Crippen molar-refractivity contribution in [1.29, 1.82) is 0 Å². The molecule has 2 rings (SSSR count). The highest BCUT2D eigenvalue weighted by atomic mass is 32.2. The number of hydrogen-bond acceptors (Lipinski definition) is 4. The molecule has 5 nitrogen and oxygen atoms in total. The van der Waals surface area contributed by atoms with Gasteiger partial charge in [-0.2, -0.15) is 4.31 Å². The van der Waals surface area contributed by atoms with Crippen LogP contribution in [-0.2, 0) is 14.8 Å². The van der Waals surface area contributed by atoms with Crippen LogP contribution >= 0.6 is 0 Å². The number of nitrogens with two attached hydrogens (primary N) is 1. The van der Waals surface area contributed by atoms with Crippen LogP contribution in [0.15, 0.2) is 23.1 Å². The molecule has 106 valence electrons. The van der Waals surface area contributed by atoms with Gasteiger partial charge in [0.25, 0.3) is 0 Å². The fourth-order valence-electron chi connectivity index (χ4n) is 2.13. The van der Waals surface area contributed by atoms with E-state index in [2.05, 4.69) is 0 Å². The number of ether oxygens (including phenoxy) is 1. The summed E-state index contributed by atoms with van der Waals surface area (Å²) in [6, 6.07) is 3.55. The van der Waals surface area contributed by atoms with Crippen LogP contribution in [0, 0.1) is 5.82 Å². The predicted molar refractivity (Wildman–Crippen MR) is 69.6 cm³/mol. The van der Waals surface area contributed by atoms with E-state index >= 15 is 0 Å². The summed E-state index contributed by atoms with van der Waals surface area (Å²) in [5.74, 6) is -0.795. The van der Waals surface area contributed by atoms with Crippen molar-refractivity contribution in [3.8, 4) is 0 Å². The largest absolute Gasteiger partial charge is 0.399 e. The second kappa shape index (κ2) is 4.73. The predicted octanol–water partition coefficient (Wildman–Crippen LogP) is 1.21. The van der Waals surface area contributed by atoms with Crippen LogP contribution in [0.3, 0.4) is 0 Å². The van der Waals surface area contributed by atoms with Crippen molar-refractivity contribution in [3.05, 3.63) is 24.0 Å². The van der Waals surface area contributed by atoms with Gasteiger partial charge in [0.2, 0.25) is 10.0 Å². The van der Waals surface area contributed by atoms with Crippen LogP contribution < -0.4 is 5.73 Å². The number of nitrogen functional groups attached to an aromatic ring is 1. The second-order valence-corrected chi connectivity index (χ2v) is 6.96. The molecule has 0 amide bonds. The zero-order valence-corrected chi connectivity index (χ0v) is 11.7. The first-order valence-electron chi connectivity index (χ1n) is 5.91. The summed E-state index contributed by atoms with van der Waals surface area (Å²) in [6.45, 7) is 4.26. The zero-order valence-electron chi connectivity index (χ0n) is 10.9. The Morgan fingerprint density at radius 2 is 2.11 bits per heavy atom. The number of morpholine rings is 1. The molecule has 7 heteroatoms. The Balaban J connectivity index is 2.50. The number of hydrogen-bond donors (Lipinski definition) is 1. The molecular weight excluding hydrogens is 271 g/mol. The smallest absolute Gasteiger partial charge is 0.246 e. The number of nitrogens with zero attached hydrogens (tertiary/aromatic N) is 1. The first kappa shape index (κ1) is 14.2. The molecule has 1 aromatic rings. The van der Waals surface area contributed by atoms with Gasteiger partial charge in [0.15, 0.2) is 0 Å². The van der Waals surface area contributed by atoms with Gasteiger partial charge >= 0.3 is 0 Å². The Morgan fingerprint density at radius 3 is 2.74 bits per heavy atom. The monoisotopic (exact) mass is 288 g/mol. The molecule has 0 bridgehead atoms. The molecule has 0 aliphatic carbocycles. The summed E-state index contributed by atoms with van der Waals surface area (Å²) in [6.07, 6.45) is 0. The first-order valence-corrected chi connectivity index (χ1v) is 7.35. The van der Waals surface area contributed by atoms with Gasteiger partial charge < -0.3 is 10.5 Å². The van der Waals surface area contributed by atoms with Crippen LogP contribution in [0.25, 0.3) is 0 Å². The van der Waals surface area contributed by atoms with E-state index in [1.807, 2.05) is 0 Å².